The minimum Gasteiger partial charge on any atom is -0.457 e. The summed E-state index contributed by atoms with van der Waals surface area (Å²) in [5.74, 6) is 0.977. The number of benzene rings is 3. The van der Waals surface area contributed by atoms with Gasteiger partial charge in [0.05, 0.1) is 15.4 Å². The lowest BCUT2D eigenvalue weighted by molar-refractivity contribution is -0.137. The summed E-state index contributed by atoms with van der Waals surface area (Å²) in [4.78, 5) is 2.60. The van der Waals surface area contributed by atoms with E-state index in [0.717, 1.165) is 35.4 Å². The number of hydrogen-bond donors (Lipinski definition) is 2. The molecule has 0 saturated carbocycles. The summed E-state index contributed by atoms with van der Waals surface area (Å²) in [6, 6.07) is 12.0. The zero-order chi connectivity index (χ0) is 23.3. The van der Waals surface area contributed by atoms with E-state index < -0.39 is 21.6 Å². The molecule has 0 bridgehead atoms. The van der Waals surface area contributed by atoms with Gasteiger partial charge in [-0.3, -0.25) is 0 Å². The Morgan fingerprint density at radius 2 is 1.66 bits per heavy atom. The van der Waals surface area contributed by atoms with Gasteiger partial charge in [0.25, 0.3) is 0 Å². The average Bonchev–Trinajstić information content (AvgIpc) is 3.17. The van der Waals surface area contributed by atoms with Crippen LogP contribution in [0.2, 0.25) is 0 Å². The fourth-order valence-electron chi connectivity index (χ4n) is 3.43. The summed E-state index contributed by atoms with van der Waals surface area (Å²) < 4.78 is 70.8. The van der Waals surface area contributed by atoms with Gasteiger partial charge in [-0.05, 0) is 67.9 Å². The van der Waals surface area contributed by atoms with E-state index in [9.17, 15) is 21.6 Å². The van der Waals surface area contributed by atoms with E-state index in [-0.39, 0.29) is 9.79 Å². The van der Waals surface area contributed by atoms with Crippen molar-refractivity contribution in [2.45, 2.75) is 29.8 Å². The predicted molar refractivity (Wildman–Crippen MR) is 116 cm³/mol. The molecular weight excluding hydrogens is 441 g/mol. The summed E-state index contributed by atoms with van der Waals surface area (Å²) in [7, 11) is -4.07. The summed E-state index contributed by atoms with van der Waals surface area (Å²) >= 11 is 0. The molecule has 0 spiro atoms. The van der Waals surface area contributed by atoms with Gasteiger partial charge in [0.2, 0.25) is 9.84 Å². The second-order valence-corrected chi connectivity index (χ2v) is 9.33. The Morgan fingerprint density at radius 1 is 0.969 bits per heavy atom. The number of aromatic amines is 1. The third-order valence-corrected chi connectivity index (χ3v) is 7.07. The molecule has 3 aromatic carbocycles. The van der Waals surface area contributed by atoms with Crippen molar-refractivity contribution < 1.29 is 26.3 Å². The van der Waals surface area contributed by atoms with Crippen LogP contribution in [0.1, 0.15) is 16.7 Å². The molecule has 1 heterocycles. The van der Waals surface area contributed by atoms with Crippen molar-refractivity contribution >= 4 is 26.4 Å². The number of alkyl halides is 3. The molecule has 4 rings (SSSR count). The van der Waals surface area contributed by atoms with Crippen LogP contribution >= 0.6 is 0 Å². The number of H-pyrrole nitrogens is 1. The molecular formula is C23H19F3N2O3S. The van der Waals surface area contributed by atoms with Crippen molar-refractivity contribution in [3.63, 3.8) is 0 Å². The van der Waals surface area contributed by atoms with E-state index in [0.29, 0.717) is 28.1 Å². The molecule has 0 aliphatic carbocycles. The highest BCUT2D eigenvalue weighted by Gasteiger charge is 2.31. The standard InChI is InChI=1S/C23H19F3N2O3S/c1-13-3-9-19(27)14(2)22(13)31-16-6-10-20-18(11-16)21(12-28-20)32(29,30)17-7-4-15(5-8-17)23(24,25)26/h3-12,28H,27H2,1-2H3. The van der Waals surface area contributed by atoms with E-state index >= 15 is 0 Å². The highest BCUT2D eigenvalue weighted by molar-refractivity contribution is 7.91. The molecule has 0 atom stereocenters. The Balaban J connectivity index is 1.76. The zero-order valence-corrected chi connectivity index (χ0v) is 17.9. The first kappa shape index (κ1) is 21.8. The maximum absolute atomic E-state index is 13.1. The van der Waals surface area contributed by atoms with Crippen molar-refractivity contribution in [3.05, 3.63) is 77.5 Å². The van der Waals surface area contributed by atoms with E-state index in [4.69, 9.17) is 10.5 Å². The van der Waals surface area contributed by atoms with Gasteiger partial charge in [-0.25, -0.2) is 8.42 Å². The topological polar surface area (TPSA) is 85.2 Å². The van der Waals surface area contributed by atoms with Gasteiger partial charge < -0.3 is 15.5 Å². The lowest BCUT2D eigenvalue weighted by atomic mass is 10.1. The monoisotopic (exact) mass is 460 g/mol. The number of aromatic nitrogens is 1. The van der Waals surface area contributed by atoms with Crippen LogP contribution in [0.25, 0.3) is 10.9 Å². The van der Waals surface area contributed by atoms with Gasteiger partial charge in [-0.2, -0.15) is 13.2 Å². The van der Waals surface area contributed by atoms with Crippen LogP contribution in [0.15, 0.2) is 70.6 Å². The third kappa shape index (κ3) is 3.80. The second-order valence-electron chi connectivity index (χ2n) is 7.41. The molecule has 0 saturated heterocycles. The molecule has 0 radical (unpaired) electrons. The first-order chi connectivity index (χ1) is 15.0. The van der Waals surface area contributed by atoms with Gasteiger partial charge in [0, 0.05) is 28.4 Å². The van der Waals surface area contributed by atoms with Crippen molar-refractivity contribution in [2.24, 2.45) is 0 Å². The molecule has 9 heteroatoms. The molecule has 166 valence electrons. The summed E-state index contributed by atoms with van der Waals surface area (Å²) in [5, 5.41) is 0.363. The first-order valence-corrected chi connectivity index (χ1v) is 11.0. The zero-order valence-electron chi connectivity index (χ0n) is 17.1. The van der Waals surface area contributed by atoms with Crippen molar-refractivity contribution in [1.29, 1.82) is 0 Å². The molecule has 0 amide bonds. The smallest absolute Gasteiger partial charge is 0.416 e. The highest BCUT2D eigenvalue weighted by Crippen LogP contribution is 2.36. The molecule has 0 fully saturated rings. The lowest BCUT2D eigenvalue weighted by Crippen LogP contribution is -2.06. The number of ether oxygens (including phenoxy) is 1. The number of hydrogen-bond acceptors (Lipinski definition) is 4. The highest BCUT2D eigenvalue weighted by atomic mass is 32.2. The Labute approximate surface area is 182 Å². The van der Waals surface area contributed by atoms with Gasteiger partial charge in [-0.1, -0.05) is 6.07 Å². The van der Waals surface area contributed by atoms with Crippen molar-refractivity contribution in [1.82, 2.24) is 4.98 Å². The largest absolute Gasteiger partial charge is 0.457 e. The third-order valence-electron chi connectivity index (χ3n) is 5.26. The Kier molecular flexibility index (Phi) is 5.16. The Bertz CT molecular complexity index is 1420. The van der Waals surface area contributed by atoms with Crippen molar-refractivity contribution in [3.8, 4) is 11.5 Å². The molecule has 3 N–H and O–H groups in total. The second kappa shape index (κ2) is 7.59. The molecule has 0 aliphatic heterocycles. The summed E-state index contributed by atoms with van der Waals surface area (Å²) in [5.41, 5.74) is 7.79. The Hall–Kier alpha value is -3.46. The average molecular weight is 460 g/mol. The van der Waals surface area contributed by atoms with E-state index in [1.165, 1.54) is 6.20 Å². The van der Waals surface area contributed by atoms with Gasteiger partial charge in [0.1, 0.15) is 11.5 Å². The van der Waals surface area contributed by atoms with Crippen molar-refractivity contribution in [2.75, 3.05) is 5.73 Å². The van der Waals surface area contributed by atoms with Crippen LogP contribution in [-0.2, 0) is 16.0 Å². The molecule has 5 nitrogen and oxygen atoms in total. The summed E-state index contributed by atoms with van der Waals surface area (Å²) in [6.45, 7) is 3.70. The number of nitrogen functional groups attached to an aromatic ring is 1. The summed E-state index contributed by atoms with van der Waals surface area (Å²) in [6.07, 6.45) is -3.23. The van der Waals surface area contributed by atoms with E-state index in [2.05, 4.69) is 4.98 Å². The fraction of sp³-hybridized carbons (Fsp3) is 0.130. The van der Waals surface area contributed by atoms with Gasteiger partial charge in [0.15, 0.2) is 0 Å². The van der Waals surface area contributed by atoms with Crippen LogP contribution in [-0.4, -0.2) is 13.4 Å². The van der Waals surface area contributed by atoms with E-state index in [1.807, 2.05) is 19.9 Å². The molecule has 32 heavy (non-hydrogen) atoms. The molecule has 0 aliphatic rings. The van der Waals surface area contributed by atoms with Crippen LogP contribution < -0.4 is 10.5 Å². The number of anilines is 1. The normalized spacial score (nSPS) is 12.3. The minimum absolute atomic E-state index is 0.0567. The van der Waals surface area contributed by atoms with Gasteiger partial charge >= 0.3 is 6.18 Å². The number of nitrogens with one attached hydrogen (secondary N) is 1. The van der Waals surface area contributed by atoms with E-state index in [1.54, 1.807) is 24.3 Å². The van der Waals surface area contributed by atoms with Crippen LogP contribution in [0.5, 0.6) is 11.5 Å². The van der Waals surface area contributed by atoms with Crippen LogP contribution in [0.4, 0.5) is 18.9 Å². The maximum atomic E-state index is 13.1. The van der Waals surface area contributed by atoms with Crippen LogP contribution in [0.3, 0.4) is 0 Å². The quantitative estimate of drug-likeness (QED) is 0.365. The number of halogens is 3. The molecule has 0 unspecified atom stereocenters. The number of aryl methyl sites for hydroxylation is 1. The first-order valence-electron chi connectivity index (χ1n) is 9.55. The fourth-order valence-corrected chi connectivity index (χ4v) is 4.85. The number of nitrogens with two attached hydrogens (primary N) is 1. The number of sulfone groups is 1. The van der Waals surface area contributed by atoms with Gasteiger partial charge in [-0.15, -0.1) is 0 Å². The predicted octanol–water partition coefficient (Wildman–Crippen LogP) is 6.01. The maximum Gasteiger partial charge on any atom is 0.416 e. The molecule has 4 aromatic rings. The Morgan fingerprint density at radius 3 is 2.31 bits per heavy atom. The number of rotatable bonds is 4. The van der Waals surface area contributed by atoms with Crippen LogP contribution in [0, 0.1) is 13.8 Å². The number of fused-ring (bicyclic) bond motifs is 1. The SMILES string of the molecule is Cc1ccc(N)c(C)c1Oc1ccc2[nH]cc(S(=O)(=O)c3ccc(C(F)(F)F)cc3)c2c1. The minimum atomic E-state index is -4.55. The lowest BCUT2D eigenvalue weighted by Gasteiger charge is -2.14. The molecule has 1 aromatic heterocycles.